The first kappa shape index (κ1) is 13.6. The molecule has 0 bridgehead atoms. The summed E-state index contributed by atoms with van der Waals surface area (Å²) in [4.78, 5) is 32.2. The molecule has 6 nitrogen and oxygen atoms in total. The summed E-state index contributed by atoms with van der Waals surface area (Å²) in [5.41, 5.74) is 0.271. The fourth-order valence-corrected chi connectivity index (χ4v) is 1.28. The first-order valence-electron chi connectivity index (χ1n) is 5.06. The predicted octanol–water partition coefficient (Wildman–Crippen LogP) is 2.09. The van der Waals surface area contributed by atoms with Gasteiger partial charge in [-0.15, -0.1) is 0 Å². The highest BCUT2D eigenvalue weighted by Gasteiger charge is 2.13. The number of esters is 2. The van der Waals surface area contributed by atoms with Gasteiger partial charge < -0.3 is 4.74 Å². The number of nitro groups is 1. The maximum Gasteiger partial charge on any atom is 0.341 e. The molecule has 1 rings (SSSR count). The van der Waals surface area contributed by atoms with E-state index in [9.17, 15) is 19.7 Å². The van der Waals surface area contributed by atoms with E-state index in [1.807, 2.05) is 0 Å². The van der Waals surface area contributed by atoms with E-state index in [0.29, 0.717) is 0 Å². The molecule has 0 saturated heterocycles. The highest BCUT2D eigenvalue weighted by Crippen LogP contribution is 2.20. The maximum absolute atomic E-state index is 11.4. The topological polar surface area (TPSA) is 86.5 Å². The molecule has 94 valence electrons. The second kappa shape index (κ2) is 5.72. The van der Waals surface area contributed by atoms with Crippen LogP contribution >= 0.6 is 0 Å². The van der Waals surface area contributed by atoms with Crippen molar-refractivity contribution in [3.8, 4) is 0 Å². The van der Waals surface area contributed by atoms with E-state index in [4.69, 9.17) is 0 Å². The molecule has 0 amide bonds. The summed E-state index contributed by atoms with van der Waals surface area (Å²) in [7, 11) is 0. The molecule has 0 aliphatic carbocycles. The molecule has 0 aromatic heterocycles. The van der Waals surface area contributed by atoms with Crippen LogP contribution in [0.15, 0.2) is 29.8 Å². The van der Waals surface area contributed by atoms with E-state index < -0.39 is 16.9 Å². The molecule has 0 fully saturated rings. The zero-order valence-corrected chi connectivity index (χ0v) is 9.88. The van der Waals surface area contributed by atoms with Crippen molar-refractivity contribution in [2.24, 2.45) is 0 Å². The minimum absolute atomic E-state index is 0.111. The maximum atomic E-state index is 11.4. The lowest BCUT2D eigenvalue weighted by molar-refractivity contribution is -0.385. The van der Waals surface area contributed by atoms with Gasteiger partial charge in [-0.3, -0.25) is 14.9 Å². The van der Waals surface area contributed by atoms with Crippen molar-refractivity contribution >= 4 is 23.7 Å². The molecule has 6 heteroatoms. The average Bonchev–Trinajstić information content (AvgIpc) is 2.28. The van der Waals surface area contributed by atoms with Crippen LogP contribution in [0.4, 0.5) is 5.69 Å². The first-order valence-corrected chi connectivity index (χ1v) is 5.06. The number of rotatable bonds is 3. The molecule has 1 aromatic rings. The van der Waals surface area contributed by atoms with E-state index in [0.717, 1.165) is 6.92 Å². The molecule has 0 atom stereocenters. The Kier molecular flexibility index (Phi) is 4.31. The fourth-order valence-electron chi connectivity index (χ4n) is 1.28. The average molecular weight is 249 g/mol. The van der Waals surface area contributed by atoms with Gasteiger partial charge in [-0.25, -0.2) is 4.79 Å². The summed E-state index contributed by atoms with van der Waals surface area (Å²) < 4.78 is 4.37. The van der Waals surface area contributed by atoms with Gasteiger partial charge in [0.2, 0.25) is 0 Å². The van der Waals surface area contributed by atoms with Gasteiger partial charge in [0.15, 0.2) is 0 Å². The Morgan fingerprint density at radius 2 is 1.89 bits per heavy atom. The molecular weight excluding hydrogens is 238 g/mol. The van der Waals surface area contributed by atoms with Crippen LogP contribution in [0, 0.1) is 10.1 Å². The second-order valence-corrected chi connectivity index (χ2v) is 3.52. The number of carbonyl (C=O) groups excluding carboxylic acids is 2. The van der Waals surface area contributed by atoms with E-state index >= 15 is 0 Å². The van der Waals surface area contributed by atoms with E-state index in [2.05, 4.69) is 4.74 Å². The number of para-hydroxylation sites is 1. The smallest absolute Gasteiger partial charge is 0.341 e. The van der Waals surface area contributed by atoms with E-state index in [-0.39, 0.29) is 16.8 Å². The van der Waals surface area contributed by atoms with Crippen LogP contribution < -0.4 is 0 Å². The zero-order valence-electron chi connectivity index (χ0n) is 9.88. The van der Waals surface area contributed by atoms with E-state index in [1.165, 1.54) is 31.2 Å². The van der Waals surface area contributed by atoms with Gasteiger partial charge in [0.25, 0.3) is 5.69 Å². The summed E-state index contributed by atoms with van der Waals surface area (Å²) in [6, 6.07) is 5.97. The van der Waals surface area contributed by atoms with Gasteiger partial charge in [0, 0.05) is 18.6 Å². The molecule has 0 unspecified atom stereocenters. The largest absolute Gasteiger partial charge is 0.390 e. The number of hydrogen-bond donors (Lipinski definition) is 0. The van der Waals surface area contributed by atoms with Crippen LogP contribution in [0.2, 0.25) is 0 Å². The van der Waals surface area contributed by atoms with Crippen molar-refractivity contribution in [3.63, 3.8) is 0 Å². The fraction of sp³-hybridized carbons (Fsp3) is 0.167. The molecular formula is C12H11NO5. The van der Waals surface area contributed by atoms with E-state index in [1.54, 1.807) is 6.07 Å². The molecule has 18 heavy (non-hydrogen) atoms. The molecule has 0 N–H and O–H groups in total. The third-order valence-corrected chi connectivity index (χ3v) is 2.06. The van der Waals surface area contributed by atoms with Gasteiger partial charge in [-0.2, -0.15) is 0 Å². The van der Waals surface area contributed by atoms with Crippen molar-refractivity contribution in [1.29, 1.82) is 0 Å². The summed E-state index contributed by atoms with van der Waals surface area (Å²) in [6.07, 6.45) is 1.31. The summed E-state index contributed by atoms with van der Waals surface area (Å²) in [5, 5.41) is 10.8. The predicted molar refractivity (Wildman–Crippen MR) is 63.5 cm³/mol. The minimum atomic E-state index is -0.819. The highest BCUT2D eigenvalue weighted by atomic mass is 16.6. The second-order valence-electron chi connectivity index (χ2n) is 3.52. The van der Waals surface area contributed by atoms with Crippen LogP contribution in [-0.4, -0.2) is 16.9 Å². The van der Waals surface area contributed by atoms with Gasteiger partial charge in [-0.05, 0) is 19.1 Å². The lowest BCUT2D eigenvalue weighted by Crippen LogP contribution is -2.09. The Morgan fingerprint density at radius 1 is 1.28 bits per heavy atom. The van der Waals surface area contributed by atoms with Crippen molar-refractivity contribution in [3.05, 3.63) is 45.5 Å². The minimum Gasteiger partial charge on any atom is -0.390 e. The SMILES string of the molecule is CC(=O)OC(=O)C(C)=Cc1ccccc1[N+](=O)[O-]. The Labute approximate surface area is 103 Å². The Morgan fingerprint density at radius 3 is 2.44 bits per heavy atom. The van der Waals surface area contributed by atoms with Crippen LogP contribution in [-0.2, 0) is 14.3 Å². The summed E-state index contributed by atoms with van der Waals surface area (Å²) in [6.45, 7) is 2.53. The monoisotopic (exact) mass is 249 g/mol. The van der Waals surface area contributed by atoms with Gasteiger partial charge in [0.1, 0.15) is 0 Å². The summed E-state index contributed by atoms with van der Waals surface area (Å²) in [5.74, 6) is -1.55. The van der Waals surface area contributed by atoms with Crippen molar-refractivity contribution in [2.75, 3.05) is 0 Å². The molecule has 0 radical (unpaired) electrons. The van der Waals surface area contributed by atoms with Crippen LogP contribution in [0.1, 0.15) is 19.4 Å². The number of nitrogens with zero attached hydrogens (tertiary/aromatic N) is 1. The van der Waals surface area contributed by atoms with Gasteiger partial charge in [-0.1, -0.05) is 12.1 Å². The highest BCUT2D eigenvalue weighted by molar-refractivity contribution is 5.99. The summed E-state index contributed by atoms with van der Waals surface area (Å²) >= 11 is 0. The Hall–Kier alpha value is -2.50. The quantitative estimate of drug-likeness (QED) is 0.269. The lowest BCUT2D eigenvalue weighted by atomic mass is 10.1. The number of nitro benzene ring substituents is 1. The lowest BCUT2D eigenvalue weighted by Gasteiger charge is -2.01. The van der Waals surface area contributed by atoms with Gasteiger partial charge >= 0.3 is 11.9 Å². The van der Waals surface area contributed by atoms with Crippen molar-refractivity contribution in [2.45, 2.75) is 13.8 Å². The number of hydrogen-bond acceptors (Lipinski definition) is 5. The number of carbonyl (C=O) groups is 2. The molecule has 1 aromatic carbocycles. The third-order valence-electron chi connectivity index (χ3n) is 2.06. The van der Waals surface area contributed by atoms with Crippen LogP contribution in [0.25, 0.3) is 6.08 Å². The Bertz CT molecular complexity index is 533. The van der Waals surface area contributed by atoms with Crippen molar-refractivity contribution in [1.82, 2.24) is 0 Å². The standard InChI is InChI=1S/C12H11NO5/c1-8(12(15)18-9(2)14)7-10-5-3-4-6-11(10)13(16)17/h3-7H,1-2H3. The first-order chi connectivity index (χ1) is 8.41. The molecule has 0 aliphatic rings. The zero-order chi connectivity index (χ0) is 13.7. The molecule has 0 heterocycles. The molecule has 0 saturated carbocycles. The van der Waals surface area contributed by atoms with Crippen molar-refractivity contribution < 1.29 is 19.2 Å². The third kappa shape index (κ3) is 3.51. The van der Waals surface area contributed by atoms with Crippen LogP contribution in [0.5, 0.6) is 0 Å². The normalized spacial score (nSPS) is 10.9. The Balaban J connectivity index is 3.05. The van der Waals surface area contributed by atoms with Gasteiger partial charge in [0.05, 0.1) is 10.5 Å². The molecule has 0 aliphatic heterocycles. The van der Waals surface area contributed by atoms with Crippen LogP contribution in [0.3, 0.4) is 0 Å². The number of benzene rings is 1. The number of ether oxygens (including phenoxy) is 1. The molecule has 0 spiro atoms.